The maximum Gasteiger partial charge on any atom is 0.237 e. The highest BCUT2D eigenvalue weighted by molar-refractivity contribution is 5.81. The number of nitrogen functional groups attached to an aromatic ring is 1. The molecule has 0 aromatic heterocycles. The van der Waals surface area contributed by atoms with Gasteiger partial charge in [-0.3, -0.25) is 9.69 Å². The van der Waals surface area contributed by atoms with Gasteiger partial charge in [0.25, 0.3) is 0 Å². The Kier molecular flexibility index (Phi) is 5.83. The fraction of sp³-hybridized carbons (Fsp3) is 0.533. The molecule has 1 atom stereocenters. The van der Waals surface area contributed by atoms with Gasteiger partial charge in [0.1, 0.15) is 0 Å². The van der Waals surface area contributed by atoms with Crippen molar-refractivity contribution in [2.24, 2.45) is 5.92 Å². The van der Waals surface area contributed by atoms with E-state index in [2.05, 4.69) is 19.2 Å². The van der Waals surface area contributed by atoms with Crippen molar-refractivity contribution >= 4 is 11.6 Å². The summed E-state index contributed by atoms with van der Waals surface area (Å²) in [5, 5.41) is 3.00. The number of carbonyl (C=O) groups is 1. The molecule has 1 rings (SSSR count). The van der Waals surface area contributed by atoms with E-state index in [0.29, 0.717) is 12.5 Å². The lowest BCUT2D eigenvalue weighted by Crippen LogP contribution is -2.47. The number of anilines is 1. The second-order valence-electron chi connectivity index (χ2n) is 5.44. The minimum atomic E-state index is -0.0774. The van der Waals surface area contributed by atoms with Crippen LogP contribution in [0.25, 0.3) is 0 Å². The van der Waals surface area contributed by atoms with Gasteiger partial charge in [-0.25, -0.2) is 0 Å². The quantitative estimate of drug-likeness (QED) is 0.765. The minimum absolute atomic E-state index is 0.0774. The first-order chi connectivity index (χ1) is 8.91. The predicted molar refractivity (Wildman–Crippen MR) is 79.9 cm³/mol. The molecular formula is C15H25N3O. The van der Waals surface area contributed by atoms with Gasteiger partial charge in [0.05, 0.1) is 6.04 Å². The number of likely N-dealkylation sites (N-methyl/N-ethyl adjacent to an activating group) is 1. The van der Waals surface area contributed by atoms with Crippen molar-refractivity contribution in [1.29, 1.82) is 0 Å². The maximum atomic E-state index is 12.1. The first-order valence-electron chi connectivity index (χ1n) is 6.70. The standard InChI is InChI=1S/C15H25N3O/c1-11(2)14(18(3)4)15(19)17-10-9-12-5-7-13(16)8-6-12/h5-8,11,14H,9-10,16H2,1-4H3,(H,17,19). The second-order valence-corrected chi connectivity index (χ2v) is 5.44. The molecule has 0 radical (unpaired) electrons. The number of hydrogen-bond acceptors (Lipinski definition) is 3. The van der Waals surface area contributed by atoms with E-state index in [-0.39, 0.29) is 11.9 Å². The molecule has 4 nitrogen and oxygen atoms in total. The van der Waals surface area contributed by atoms with Crippen LogP contribution < -0.4 is 11.1 Å². The van der Waals surface area contributed by atoms with Gasteiger partial charge < -0.3 is 11.1 Å². The van der Waals surface area contributed by atoms with Gasteiger partial charge in [-0.15, -0.1) is 0 Å². The Morgan fingerprint density at radius 2 is 1.84 bits per heavy atom. The molecule has 4 heteroatoms. The molecule has 0 saturated carbocycles. The number of rotatable bonds is 6. The maximum absolute atomic E-state index is 12.1. The van der Waals surface area contributed by atoms with Crippen molar-refractivity contribution in [3.8, 4) is 0 Å². The molecule has 1 unspecified atom stereocenters. The summed E-state index contributed by atoms with van der Waals surface area (Å²) >= 11 is 0. The number of nitrogens with one attached hydrogen (secondary N) is 1. The molecule has 0 saturated heterocycles. The number of amides is 1. The smallest absolute Gasteiger partial charge is 0.237 e. The lowest BCUT2D eigenvalue weighted by atomic mass is 10.0. The summed E-state index contributed by atoms with van der Waals surface area (Å²) in [7, 11) is 3.87. The van der Waals surface area contributed by atoms with E-state index in [9.17, 15) is 4.79 Å². The monoisotopic (exact) mass is 263 g/mol. The van der Waals surface area contributed by atoms with Crippen LogP contribution in [-0.2, 0) is 11.2 Å². The summed E-state index contributed by atoms with van der Waals surface area (Å²) in [5.41, 5.74) is 7.58. The zero-order valence-electron chi connectivity index (χ0n) is 12.3. The van der Waals surface area contributed by atoms with Crippen LogP contribution >= 0.6 is 0 Å². The SMILES string of the molecule is CC(C)C(C(=O)NCCc1ccc(N)cc1)N(C)C. The Morgan fingerprint density at radius 1 is 1.26 bits per heavy atom. The molecule has 1 aromatic carbocycles. The van der Waals surface area contributed by atoms with Crippen LogP contribution in [0.1, 0.15) is 19.4 Å². The normalized spacial score (nSPS) is 12.7. The summed E-state index contributed by atoms with van der Waals surface area (Å²) in [6.45, 7) is 4.77. The van der Waals surface area contributed by atoms with E-state index >= 15 is 0 Å². The number of carbonyl (C=O) groups excluding carboxylic acids is 1. The summed E-state index contributed by atoms with van der Waals surface area (Å²) in [4.78, 5) is 14.1. The fourth-order valence-corrected chi connectivity index (χ4v) is 2.25. The number of nitrogens with zero attached hydrogens (tertiary/aromatic N) is 1. The van der Waals surface area contributed by atoms with E-state index in [1.54, 1.807) is 0 Å². The topological polar surface area (TPSA) is 58.4 Å². The van der Waals surface area contributed by atoms with Crippen LogP contribution in [0.3, 0.4) is 0 Å². The van der Waals surface area contributed by atoms with Gasteiger partial charge >= 0.3 is 0 Å². The van der Waals surface area contributed by atoms with Crippen molar-refractivity contribution in [2.75, 3.05) is 26.4 Å². The van der Waals surface area contributed by atoms with Gasteiger partial charge in [0, 0.05) is 12.2 Å². The number of nitrogens with two attached hydrogens (primary N) is 1. The third kappa shape index (κ3) is 4.91. The lowest BCUT2D eigenvalue weighted by molar-refractivity contribution is -0.126. The van der Waals surface area contributed by atoms with Gasteiger partial charge in [-0.2, -0.15) is 0 Å². The minimum Gasteiger partial charge on any atom is -0.399 e. The average Bonchev–Trinajstić information content (AvgIpc) is 2.30. The summed E-state index contributed by atoms with van der Waals surface area (Å²) in [5.74, 6) is 0.391. The molecular weight excluding hydrogens is 238 g/mol. The molecule has 0 heterocycles. The first-order valence-corrected chi connectivity index (χ1v) is 6.70. The fourth-order valence-electron chi connectivity index (χ4n) is 2.25. The molecule has 1 amide bonds. The molecule has 0 spiro atoms. The van der Waals surface area contributed by atoms with Gasteiger partial charge in [-0.1, -0.05) is 26.0 Å². The number of hydrogen-bond donors (Lipinski definition) is 2. The molecule has 0 aliphatic heterocycles. The van der Waals surface area contributed by atoms with E-state index < -0.39 is 0 Å². The predicted octanol–water partition coefficient (Wildman–Crippen LogP) is 1.51. The van der Waals surface area contributed by atoms with Gasteiger partial charge in [0.2, 0.25) is 5.91 Å². The summed E-state index contributed by atoms with van der Waals surface area (Å²) < 4.78 is 0. The van der Waals surface area contributed by atoms with Crippen LogP contribution in [0.15, 0.2) is 24.3 Å². The Bertz CT molecular complexity index is 390. The highest BCUT2D eigenvalue weighted by Gasteiger charge is 2.23. The Labute approximate surface area is 116 Å². The second kappa shape index (κ2) is 7.14. The average molecular weight is 263 g/mol. The highest BCUT2D eigenvalue weighted by Crippen LogP contribution is 2.08. The van der Waals surface area contributed by atoms with Crippen molar-refractivity contribution in [2.45, 2.75) is 26.3 Å². The van der Waals surface area contributed by atoms with E-state index in [4.69, 9.17) is 5.73 Å². The highest BCUT2D eigenvalue weighted by atomic mass is 16.2. The van der Waals surface area contributed by atoms with Crippen molar-refractivity contribution in [3.05, 3.63) is 29.8 Å². The van der Waals surface area contributed by atoms with Crippen LogP contribution in [0.5, 0.6) is 0 Å². The molecule has 0 aliphatic carbocycles. The van der Waals surface area contributed by atoms with Crippen LogP contribution in [-0.4, -0.2) is 37.5 Å². The first kappa shape index (κ1) is 15.5. The zero-order chi connectivity index (χ0) is 14.4. The number of benzene rings is 1. The molecule has 3 N–H and O–H groups in total. The summed E-state index contributed by atoms with van der Waals surface area (Å²) in [6.07, 6.45) is 0.824. The van der Waals surface area contributed by atoms with Gasteiger partial charge in [-0.05, 0) is 44.1 Å². The van der Waals surface area contributed by atoms with Crippen LogP contribution in [0.4, 0.5) is 5.69 Å². The van der Waals surface area contributed by atoms with Crippen LogP contribution in [0.2, 0.25) is 0 Å². The Hall–Kier alpha value is -1.55. The molecule has 106 valence electrons. The third-order valence-electron chi connectivity index (χ3n) is 3.15. The Morgan fingerprint density at radius 3 is 2.32 bits per heavy atom. The zero-order valence-corrected chi connectivity index (χ0v) is 12.3. The van der Waals surface area contributed by atoms with E-state index in [1.165, 1.54) is 5.56 Å². The third-order valence-corrected chi connectivity index (χ3v) is 3.15. The lowest BCUT2D eigenvalue weighted by Gasteiger charge is -2.26. The Balaban J connectivity index is 2.43. The molecule has 1 aromatic rings. The van der Waals surface area contributed by atoms with Crippen molar-refractivity contribution < 1.29 is 4.79 Å². The largest absolute Gasteiger partial charge is 0.399 e. The molecule has 0 bridgehead atoms. The molecule has 0 aliphatic rings. The van der Waals surface area contributed by atoms with Gasteiger partial charge in [0.15, 0.2) is 0 Å². The van der Waals surface area contributed by atoms with Crippen molar-refractivity contribution in [3.63, 3.8) is 0 Å². The van der Waals surface area contributed by atoms with E-state index in [1.807, 2.05) is 43.3 Å². The summed E-state index contributed by atoms with van der Waals surface area (Å²) in [6, 6.07) is 7.68. The van der Waals surface area contributed by atoms with Crippen LogP contribution in [0, 0.1) is 5.92 Å². The van der Waals surface area contributed by atoms with E-state index in [0.717, 1.165) is 12.1 Å². The van der Waals surface area contributed by atoms with Crippen molar-refractivity contribution in [1.82, 2.24) is 10.2 Å². The molecule has 19 heavy (non-hydrogen) atoms. The molecule has 0 fully saturated rings.